The summed E-state index contributed by atoms with van der Waals surface area (Å²) in [6.45, 7) is 6.73. The van der Waals surface area contributed by atoms with Gasteiger partial charge in [-0.25, -0.2) is 0 Å². The monoisotopic (exact) mass is 238 g/mol. The fourth-order valence-electron chi connectivity index (χ4n) is 2.36. The van der Waals surface area contributed by atoms with Crippen molar-refractivity contribution in [3.63, 3.8) is 0 Å². The third-order valence-corrected chi connectivity index (χ3v) is 3.50. The van der Waals surface area contributed by atoms with E-state index in [0.29, 0.717) is 0 Å². The van der Waals surface area contributed by atoms with Crippen LogP contribution >= 0.6 is 0 Å². The minimum Gasteiger partial charge on any atom is -0.457 e. The van der Waals surface area contributed by atoms with Crippen LogP contribution in [0.15, 0.2) is 42.5 Å². The molecule has 92 valence electrons. The van der Waals surface area contributed by atoms with Crippen molar-refractivity contribution in [3.8, 4) is 11.5 Å². The number of hydrogen-bond donors (Lipinski definition) is 0. The van der Waals surface area contributed by atoms with E-state index >= 15 is 0 Å². The van der Waals surface area contributed by atoms with Crippen molar-refractivity contribution in [3.05, 3.63) is 59.2 Å². The lowest BCUT2D eigenvalue weighted by atomic mass is 9.85. The van der Waals surface area contributed by atoms with E-state index in [1.165, 1.54) is 16.7 Å². The van der Waals surface area contributed by atoms with E-state index in [0.717, 1.165) is 17.9 Å². The molecule has 0 aliphatic carbocycles. The molecule has 1 heterocycles. The average molecular weight is 238 g/mol. The first-order valence-corrected chi connectivity index (χ1v) is 6.43. The molecule has 1 heteroatoms. The number of hydrogen-bond acceptors (Lipinski definition) is 1. The maximum atomic E-state index is 5.95. The maximum absolute atomic E-state index is 5.95. The summed E-state index contributed by atoms with van der Waals surface area (Å²) in [5.74, 6) is 2.00. The molecule has 1 nitrogen and oxygen atoms in total. The zero-order valence-electron chi connectivity index (χ0n) is 11.2. The molecule has 2 aromatic carbocycles. The van der Waals surface area contributed by atoms with Crippen LogP contribution in [0.4, 0.5) is 0 Å². The van der Waals surface area contributed by atoms with Crippen molar-refractivity contribution < 1.29 is 4.74 Å². The number of rotatable bonds is 0. The van der Waals surface area contributed by atoms with Gasteiger partial charge in [-0.1, -0.05) is 51.1 Å². The fourth-order valence-corrected chi connectivity index (χ4v) is 2.36. The summed E-state index contributed by atoms with van der Waals surface area (Å²) in [6.07, 6.45) is 0.968. The van der Waals surface area contributed by atoms with Gasteiger partial charge in [0.05, 0.1) is 0 Å². The highest BCUT2D eigenvalue weighted by molar-refractivity contribution is 5.51. The Balaban J connectivity index is 2.04. The van der Waals surface area contributed by atoms with Crippen LogP contribution in [-0.4, -0.2) is 0 Å². The van der Waals surface area contributed by atoms with Crippen molar-refractivity contribution in [2.45, 2.75) is 32.6 Å². The molecule has 0 spiro atoms. The SMILES string of the molecule is CC(C)(C)c1ccc2c(c1)Cc1ccccc1O2. The predicted molar refractivity (Wildman–Crippen MR) is 74.5 cm³/mol. The summed E-state index contributed by atoms with van der Waals surface area (Å²) >= 11 is 0. The Morgan fingerprint density at radius 3 is 2.39 bits per heavy atom. The summed E-state index contributed by atoms with van der Waals surface area (Å²) in [5.41, 5.74) is 4.12. The van der Waals surface area contributed by atoms with Gasteiger partial charge in [-0.15, -0.1) is 0 Å². The fraction of sp³-hybridized carbons (Fsp3) is 0.294. The van der Waals surface area contributed by atoms with Gasteiger partial charge in [-0.05, 0) is 34.2 Å². The molecular weight excluding hydrogens is 220 g/mol. The molecule has 3 rings (SSSR count). The summed E-state index contributed by atoms with van der Waals surface area (Å²) < 4.78 is 5.95. The Hall–Kier alpha value is -1.76. The molecule has 0 amide bonds. The molecule has 0 saturated carbocycles. The van der Waals surface area contributed by atoms with Crippen molar-refractivity contribution in [2.24, 2.45) is 0 Å². The molecule has 0 unspecified atom stereocenters. The minimum atomic E-state index is 0.187. The Morgan fingerprint density at radius 2 is 1.61 bits per heavy atom. The predicted octanol–water partition coefficient (Wildman–Crippen LogP) is 4.68. The Bertz CT molecular complexity index is 591. The lowest BCUT2D eigenvalue weighted by Gasteiger charge is -2.24. The molecule has 0 aromatic heterocycles. The van der Waals surface area contributed by atoms with Gasteiger partial charge in [0.15, 0.2) is 0 Å². The van der Waals surface area contributed by atoms with Crippen LogP contribution in [0.1, 0.15) is 37.5 Å². The van der Waals surface area contributed by atoms with E-state index in [1.807, 2.05) is 12.1 Å². The van der Waals surface area contributed by atoms with Crippen molar-refractivity contribution >= 4 is 0 Å². The molecule has 0 saturated heterocycles. The first-order valence-electron chi connectivity index (χ1n) is 6.43. The molecule has 0 radical (unpaired) electrons. The van der Waals surface area contributed by atoms with Gasteiger partial charge in [-0.2, -0.15) is 0 Å². The number of benzene rings is 2. The number of para-hydroxylation sites is 1. The van der Waals surface area contributed by atoms with E-state index in [4.69, 9.17) is 4.74 Å². The summed E-state index contributed by atoms with van der Waals surface area (Å²) in [6, 6.07) is 14.8. The van der Waals surface area contributed by atoms with E-state index < -0.39 is 0 Å². The van der Waals surface area contributed by atoms with Gasteiger partial charge in [0.1, 0.15) is 11.5 Å². The van der Waals surface area contributed by atoms with Crippen LogP contribution in [0.3, 0.4) is 0 Å². The third kappa shape index (κ3) is 1.90. The van der Waals surface area contributed by atoms with E-state index in [2.05, 4.69) is 51.1 Å². The van der Waals surface area contributed by atoms with Crippen LogP contribution in [0.25, 0.3) is 0 Å². The van der Waals surface area contributed by atoms with Crippen LogP contribution < -0.4 is 4.74 Å². The van der Waals surface area contributed by atoms with E-state index in [9.17, 15) is 0 Å². The Morgan fingerprint density at radius 1 is 0.889 bits per heavy atom. The standard InChI is InChI=1S/C17H18O/c1-17(2,3)14-8-9-16-13(11-14)10-12-6-4-5-7-15(12)18-16/h4-9,11H,10H2,1-3H3. The highest BCUT2D eigenvalue weighted by Crippen LogP contribution is 2.38. The van der Waals surface area contributed by atoms with Gasteiger partial charge in [-0.3, -0.25) is 0 Å². The van der Waals surface area contributed by atoms with Gasteiger partial charge in [0.25, 0.3) is 0 Å². The molecule has 1 aliphatic heterocycles. The molecule has 1 aliphatic rings. The summed E-state index contributed by atoms with van der Waals surface area (Å²) in [7, 11) is 0. The summed E-state index contributed by atoms with van der Waals surface area (Å²) in [4.78, 5) is 0. The van der Waals surface area contributed by atoms with Gasteiger partial charge in [0, 0.05) is 6.42 Å². The van der Waals surface area contributed by atoms with Crippen molar-refractivity contribution in [1.82, 2.24) is 0 Å². The van der Waals surface area contributed by atoms with E-state index in [1.54, 1.807) is 0 Å². The van der Waals surface area contributed by atoms with Crippen LogP contribution in [0, 0.1) is 0 Å². The first-order chi connectivity index (χ1) is 8.54. The summed E-state index contributed by atoms with van der Waals surface area (Å²) in [5, 5.41) is 0. The molecule has 2 aromatic rings. The average Bonchev–Trinajstić information content (AvgIpc) is 2.34. The molecule has 0 N–H and O–H groups in total. The molecular formula is C17H18O. The second-order valence-corrected chi connectivity index (χ2v) is 5.96. The minimum absolute atomic E-state index is 0.187. The topological polar surface area (TPSA) is 9.23 Å². The van der Waals surface area contributed by atoms with Crippen LogP contribution in [0.5, 0.6) is 11.5 Å². The molecule has 0 atom stereocenters. The quantitative estimate of drug-likeness (QED) is 0.552. The lowest BCUT2D eigenvalue weighted by molar-refractivity contribution is 0.458. The largest absolute Gasteiger partial charge is 0.457 e. The lowest BCUT2D eigenvalue weighted by Crippen LogP contribution is -2.12. The van der Waals surface area contributed by atoms with E-state index in [-0.39, 0.29) is 5.41 Å². The second-order valence-electron chi connectivity index (χ2n) is 5.96. The zero-order valence-corrected chi connectivity index (χ0v) is 11.2. The van der Waals surface area contributed by atoms with Crippen molar-refractivity contribution in [1.29, 1.82) is 0 Å². The van der Waals surface area contributed by atoms with Crippen LogP contribution in [0.2, 0.25) is 0 Å². The molecule has 0 bridgehead atoms. The molecule has 0 fully saturated rings. The smallest absolute Gasteiger partial charge is 0.130 e. The normalized spacial score (nSPS) is 13.5. The van der Waals surface area contributed by atoms with Crippen LogP contribution in [-0.2, 0) is 11.8 Å². The number of ether oxygens (including phenoxy) is 1. The highest BCUT2D eigenvalue weighted by Gasteiger charge is 2.20. The van der Waals surface area contributed by atoms with Crippen molar-refractivity contribution in [2.75, 3.05) is 0 Å². The highest BCUT2D eigenvalue weighted by atomic mass is 16.5. The third-order valence-electron chi connectivity index (χ3n) is 3.50. The second kappa shape index (κ2) is 3.88. The Labute approximate surface area is 108 Å². The first kappa shape index (κ1) is 11.3. The Kier molecular flexibility index (Phi) is 2.44. The number of fused-ring (bicyclic) bond motifs is 2. The zero-order chi connectivity index (χ0) is 12.8. The van der Waals surface area contributed by atoms with Gasteiger partial charge >= 0.3 is 0 Å². The molecule has 18 heavy (non-hydrogen) atoms. The van der Waals surface area contributed by atoms with Gasteiger partial charge in [0.2, 0.25) is 0 Å². The maximum Gasteiger partial charge on any atom is 0.130 e. The van der Waals surface area contributed by atoms with Gasteiger partial charge < -0.3 is 4.74 Å².